The molecule has 1 aliphatic rings. The molecule has 0 unspecified atom stereocenters. The molecule has 1 aliphatic carbocycles. The summed E-state index contributed by atoms with van der Waals surface area (Å²) < 4.78 is 0. The second-order valence-corrected chi connectivity index (χ2v) is 4.43. The Bertz CT molecular complexity index is 284. The number of hydrogen-bond acceptors (Lipinski definition) is 0. The van der Waals surface area contributed by atoms with Crippen LogP contribution in [-0.2, 0) is 6.42 Å². The van der Waals surface area contributed by atoms with Gasteiger partial charge in [0.1, 0.15) is 0 Å². The molecule has 0 heteroatoms. The summed E-state index contributed by atoms with van der Waals surface area (Å²) in [6.45, 7) is 2.27. The molecule has 0 nitrogen and oxygen atoms in total. The van der Waals surface area contributed by atoms with Crippen LogP contribution in [0.5, 0.6) is 0 Å². The minimum atomic E-state index is 0.910. The summed E-state index contributed by atoms with van der Waals surface area (Å²) in [4.78, 5) is 0. The van der Waals surface area contributed by atoms with Crippen molar-refractivity contribution in [3.8, 4) is 0 Å². The Labute approximate surface area is 87.3 Å². The van der Waals surface area contributed by atoms with Crippen molar-refractivity contribution in [3.63, 3.8) is 0 Å². The molecule has 1 fully saturated rings. The summed E-state index contributed by atoms with van der Waals surface area (Å²) >= 11 is 0. The third kappa shape index (κ3) is 2.37. The van der Waals surface area contributed by atoms with Crippen LogP contribution in [-0.4, -0.2) is 0 Å². The maximum absolute atomic E-state index is 2.33. The van der Waals surface area contributed by atoms with Gasteiger partial charge in [-0.15, -0.1) is 0 Å². The molecule has 0 saturated heterocycles. The van der Waals surface area contributed by atoms with E-state index in [1.807, 2.05) is 0 Å². The number of benzene rings is 1. The van der Waals surface area contributed by atoms with Crippen molar-refractivity contribution < 1.29 is 0 Å². The molecule has 1 saturated carbocycles. The number of rotatable bonds is 5. The predicted molar refractivity (Wildman–Crippen MR) is 61.6 cm³/mol. The Morgan fingerprint density at radius 3 is 2.64 bits per heavy atom. The molecule has 76 valence electrons. The largest absolute Gasteiger partial charge is 0.0654 e. The topological polar surface area (TPSA) is 0 Å². The summed E-state index contributed by atoms with van der Waals surface area (Å²) in [5, 5.41) is 0. The van der Waals surface area contributed by atoms with Crippen molar-refractivity contribution in [1.82, 2.24) is 0 Å². The lowest BCUT2D eigenvalue weighted by Crippen LogP contribution is -1.92. The molecule has 0 radical (unpaired) electrons. The second kappa shape index (κ2) is 4.63. The highest BCUT2D eigenvalue weighted by molar-refractivity contribution is 5.33. The van der Waals surface area contributed by atoms with Gasteiger partial charge in [-0.2, -0.15) is 0 Å². The molecule has 0 aromatic heterocycles. The molecular formula is C14H20. The van der Waals surface area contributed by atoms with Gasteiger partial charge in [0.25, 0.3) is 0 Å². The Balaban J connectivity index is 2.00. The van der Waals surface area contributed by atoms with Gasteiger partial charge in [-0.05, 0) is 42.7 Å². The third-order valence-corrected chi connectivity index (χ3v) is 3.12. The van der Waals surface area contributed by atoms with Gasteiger partial charge in [0.05, 0.1) is 0 Å². The van der Waals surface area contributed by atoms with E-state index in [4.69, 9.17) is 0 Å². The van der Waals surface area contributed by atoms with Crippen LogP contribution >= 0.6 is 0 Å². The zero-order chi connectivity index (χ0) is 9.80. The quantitative estimate of drug-likeness (QED) is 0.604. The SMILES string of the molecule is CCCCCc1ccccc1C1CC1. The normalized spacial score (nSPS) is 15.8. The van der Waals surface area contributed by atoms with E-state index >= 15 is 0 Å². The van der Waals surface area contributed by atoms with Crippen LogP contribution in [0.25, 0.3) is 0 Å². The Kier molecular flexibility index (Phi) is 3.23. The Hall–Kier alpha value is -0.780. The van der Waals surface area contributed by atoms with Gasteiger partial charge in [0, 0.05) is 0 Å². The van der Waals surface area contributed by atoms with Crippen LogP contribution in [0, 0.1) is 0 Å². The average molecular weight is 188 g/mol. The summed E-state index contributed by atoms with van der Waals surface area (Å²) in [6, 6.07) is 9.03. The van der Waals surface area contributed by atoms with Crippen LogP contribution in [0.3, 0.4) is 0 Å². The number of unbranched alkanes of at least 4 members (excludes halogenated alkanes) is 2. The molecule has 0 atom stereocenters. The number of aryl methyl sites for hydroxylation is 1. The maximum Gasteiger partial charge on any atom is -0.0159 e. The van der Waals surface area contributed by atoms with E-state index in [1.165, 1.54) is 38.5 Å². The van der Waals surface area contributed by atoms with E-state index < -0.39 is 0 Å². The zero-order valence-electron chi connectivity index (χ0n) is 9.13. The fraction of sp³-hybridized carbons (Fsp3) is 0.571. The highest BCUT2D eigenvalue weighted by Crippen LogP contribution is 2.41. The van der Waals surface area contributed by atoms with Crippen LogP contribution < -0.4 is 0 Å². The van der Waals surface area contributed by atoms with Crippen LogP contribution in [0.4, 0.5) is 0 Å². The lowest BCUT2D eigenvalue weighted by Gasteiger charge is -2.07. The minimum Gasteiger partial charge on any atom is -0.0654 e. The zero-order valence-corrected chi connectivity index (χ0v) is 9.13. The van der Waals surface area contributed by atoms with Crippen molar-refractivity contribution >= 4 is 0 Å². The minimum absolute atomic E-state index is 0.910. The Morgan fingerprint density at radius 1 is 1.14 bits per heavy atom. The molecule has 0 heterocycles. The van der Waals surface area contributed by atoms with E-state index in [9.17, 15) is 0 Å². The van der Waals surface area contributed by atoms with Crippen molar-refractivity contribution in [2.75, 3.05) is 0 Å². The van der Waals surface area contributed by atoms with Gasteiger partial charge >= 0.3 is 0 Å². The smallest absolute Gasteiger partial charge is 0.0159 e. The van der Waals surface area contributed by atoms with Crippen LogP contribution in [0.2, 0.25) is 0 Å². The molecule has 0 aliphatic heterocycles. The molecule has 0 N–H and O–H groups in total. The first-order chi connectivity index (χ1) is 6.92. The molecule has 1 aromatic rings. The lowest BCUT2D eigenvalue weighted by atomic mass is 9.98. The molecule has 2 rings (SSSR count). The van der Waals surface area contributed by atoms with E-state index in [2.05, 4.69) is 31.2 Å². The van der Waals surface area contributed by atoms with Gasteiger partial charge in [0.2, 0.25) is 0 Å². The first kappa shape index (κ1) is 9.76. The van der Waals surface area contributed by atoms with E-state index in [0.717, 1.165) is 5.92 Å². The highest BCUT2D eigenvalue weighted by Gasteiger charge is 2.25. The fourth-order valence-corrected chi connectivity index (χ4v) is 2.12. The van der Waals surface area contributed by atoms with Crippen molar-refractivity contribution in [3.05, 3.63) is 35.4 Å². The molecular weight excluding hydrogens is 168 g/mol. The number of hydrogen-bond donors (Lipinski definition) is 0. The summed E-state index contributed by atoms with van der Waals surface area (Å²) in [7, 11) is 0. The lowest BCUT2D eigenvalue weighted by molar-refractivity contribution is 0.713. The van der Waals surface area contributed by atoms with Gasteiger partial charge < -0.3 is 0 Å². The Morgan fingerprint density at radius 2 is 1.93 bits per heavy atom. The summed E-state index contributed by atoms with van der Waals surface area (Å²) in [5.74, 6) is 0.910. The van der Waals surface area contributed by atoms with E-state index in [1.54, 1.807) is 11.1 Å². The molecule has 0 bridgehead atoms. The van der Waals surface area contributed by atoms with Crippen molar-refractivity contribution in [2.45, 2.75) is 51.4 Å². The first-order valence-corrected chi connectivity index (χ1v) is 5.99. The van der Waals surface area contributed by atoms with Gasteiger partial charge in [0.15, 0.2) is 0 Å². The third-order valence-electron chi connectivity index (χ3n) is 3.12. The van der Waals surface area contributed by atoms with E-state index in [0.29, 0.717) is 0 Å². The second-order valence-electron chi connectivity index (χ2n) is 4.43. The van der Waals surface area contributed by atoms with E-state index in [-0.39, 0.29) is 0 Å². The highest BCUT2D eigenvalue weighted by atomic mass is 14.3. The maximum atomic E-state index is 2.33. The first-order valence-electron chi connectivity index (χ1n) is 5.99. The molecule has 0 amide bonds. The van der Waals surface area contributed by atoms with Gasteiger partial charge in [-0.25, -0.2) is 0 Å². The van der Waals surface area contributed by atoms with Crippen molar-refractivity contribution in [2.24, 2.45) is 0 Å². The average Bonchev–Trinajstić information content (AvgIpc) is 3.03. The standard InChI is InChI=1S/C14H20/c1-2-3-4-7-12-8-5-6-9-14(12)13-10-11-13/h5-6,8-9,13H,2-4,7,10-11H2,1H3. The van der Waals surface area contributed by atoms with Crippen LogP contribution in [0.15, 0.2) is 24.3 Å². The van der Waals surface area contributed by atoms with Gasteiger partial charge in [-0.3, -0.25) is 0 Å². The predicted octanol–water partition coefficient (Wildman–Crippen LogP) is 4.30. The van der Waals surface area contributed by atoms with Crippen LogP contribution in [0.1, 0.15) is 56.1 Å². The van der Waals surface area contributed by atoms with Gasteiger partial charge in [-0.1, -0.05) is 44.0 Å². The fourth-order valence-electron chi connectivity index (χ4n) is 2.12. The van der Waals surface area contributed by atoms with Crippen molar-refractivity contribution in [1.29, 1.82) is 0 Å². The molecule has 14 heavy (non-hydrogen) atoms. The molecule has 0 spiro atoms. The summed E-state index contributed by atoms with van der Waals surface area (Å²) in [5.41, 5.74) is 3.26. The monoisotopic (exact) mass is 188 g/mol. The summed E-state index contributed by atoms with van der Waals surface area (Å²) in [6.07, 6.45) is 8.20. The molecule has 1 aromatic carbocycles.